The number of piperidine rings is 1. The van der Waals surface area contributed by atoms with Crippen LogP contribution in [0.2, 0.25) is 0 Å². The van der Waals surface area contributed by atoms with E-state index in [9.17, 15) is 9.59 Å². The second-order valence-electron chi connectivity index (χ2n) is 8.21. The maximum Gasteiger partial charge on any atom is 0.240 e. The van der Waals surface area contributed by atoms with Crippen molar-refractivity contribution in [3.8, 4) is 0 Å². The van der Waals surface area contributed by atoms with E-state index in [2.05, 4.69) is 37.1 Å². The van der Waals surface area contributed by atoms with Gasteiger partial charge in [0.15, 0.2) is 0 Å². The van der Waals surface area contributed by atoms with Gasteiger partial charge >= 0.3 is 0 Å². The van der Waals surface area contributed by atoms with Crippen LogP contribution in [0, 0.1) is 18.3 Å². The first-order valence-electron chi connectivity index (χ1n) is 10.4. The number of hydrogen-bond acceptors (Lipinski definition) is 3. The quantitative estimate of drug-likeness (QED) is 0.774. The van der Waals surface area contributed by atoms with Gasteiger partial charge in [-0.1, -0.05) is 6.92 Å². The molecule has 1 aromatic rings. The normalized spacial score (nSPS) is 20.9. The lowest BCUT2D eigenvalue weighted by molar-refractivity contribution is -0.143. The zero-order valence-corrected chi connectivity index (χ0v) is 17.2. The molecule has 27 heavy (non-hydrogen) atoms. The van der Waals surface area contributed by atoms with Crippen molar-refractivity contribution in [3.05, 3.63) is 23.8 Å². The first-order valence-corrected chi connectivity index (χ1v) is 10.4. The smallest absolute Gasteiger partial charge is 0.240 e. The minimum Gasteiger partial charge on any atom is -0.372 e. The van der Waals surface area contributed by atoms with E-state index in [1.54, 1.807) is 0 Å². The summed E-state index contributed by atoms with van der Waals surface area (Å²) in [5.41, 5.74) is 2.17. The van der Waals surface area contributed by atoms with Crippen molar-refractivity contribution in [1.82, 2.24) is 4.90 Å². The van der Waals surface area contributed by atoms with E-state index in [0.717, 1.165) is 49.5 Å². The third-order valence-corrected chi connectivity index (χ3v) is 6.13. The number of anilines is 2. The van der Waals surface area contributed by atoms with Gasteiger partial charge in [-0.3, -0.25) is 9.59 Å². The Labute approximate surface area is 163 Å². The van der Waals surface area contributed by atoms with Gasteiger partial charge in [0.1, 0.15) is 5.41 Å². The summed E-state index contributed by atoms with van der Waals surface area (Å²) in [4.78, 5) is 30.2. The summed E-state index contributed by atoms with van der Waals surface area (Å²) >= 11 is 0. The zero-order valence-electron chi connectivity index (χ0n) is 17.2. The number of nitrogens with zero attached hydrogens (tertiary/aromatic N) is 2. The molecule has 5 nitrogen and oxygen atoms in total. The van der Waals surface area contributed by atoms with Crippen molar-refractivity contribution in [3.63, 3.8) is 0 Å². The van der Waals surface area contributed by atoms with Crippen molar-refractivity contribution in [2.75, 3.05) is 36.4 Å². The molecule has 3 rings (SSSR count). The molecule has 1 saturated carbocycles. The van der Waals surface area contributed by atoms with E-state index in [1.807, 2.05) is 24.0 Å². The molecule has 0 bridgehead atoms. The third kappa shape index (κ3) is 3.97. The number of amides is 2. The van der Waals surface area contributed by atoms with Gasteiger partial charge in [-0.15, -0.1) is 0 Å². The molecule has 1 aliphatic carbocycles. The predicted octanol–water partition coefficient (Wildman–Crippen LogP) is 3.82. The largest absolute Gasteiger partial charge is 0.372 e. The van der Waals surface area contributed by atoms with E-state index in [-0.39, 0.29) is 11.8 Å². The number of hydrogen-bond donors (Lipinski definition) is 1. The lowest BCUT2D eigenvalue weighted by Gasteiger charge is -2.33. The maximum absolute atomic E-state index is 13.0. The molecule has 2 aliphatic rings. The number of rotatable bonds is 6. The lowest BCUT2D eigenvalue weighted by atomic mass is 9.96. The Morgan fingerprint density at radius 3 is 2.52 bits per heavy atom. The number of likely N-dealkylation sites (tertiary alicyclic amines) is 1. The number of nitrogens with one attached hydrogen (secondary N) is 1. The molecule has 5 heteroatoms. The van der Waals surface area contributed by atoms with Crippen LogP contribution in [0.5, 0.6) is 0 Å². The van der Waals surface area contributed by atoms with E-state index >= 15 is 0 Å². The number of benzene rings is 1. The van der Waals surface area contributed by atoms with E-state index < -0.39 is 5.41 Å². The molecule has 2 fully saturated rings. The summed E-state index contributed by atoms with van der Waals surface area (Å²) in [5.74, 6) is 0.421. The average Bonchev–Trinajstić information content (AvgIpc) is 3.46. The van der Waals surface area contributed by atoms with Gasteiger partial charge in [0.25, 0.3) is 0 Å². The molecule has 1 aliphatic heterocycles. The number of aryl methyl sites for hydroxylation is 1. The second-order valence-corrected chi connectivity index (χ2v) is 8.21. The van der Waals surface area contributed by atoms with Crippen LogP contribution in [0.3, 0.4) is 0 Å². The van der Waals surface area contributed by atoms with Gasteiger partial charge in [-0.05, 0) is 76.1 Å². The standard InChI is InChI=1S/C22H33N3O2/c1-5-24(6-2)18-9-10-19(17(4)14-18)23-20(26)22(11-12-22)21(27)25-13-7-8-16(3)15-25/h9-10,14,16H,5-8,11-13,15H2,1-4H3,(H,23,26). The molecule has 1 N–H and O–H groups in total. The summed E-state index contributed by atoms with van der Waals surface area (Å²) in [6.07, 6.45) is 3.54. The van der Waals surface area contributed by atoms with Gasteiger partial charge in [-0.25, -0.2) is 0 Å². The third-order valence-electron chi connectivity index (χ3n) is 6.13. The highest BCUT2D eigenvalue weighted by Crippen LogP contribution is 2.48. The SMILES string of the molecule is CCN(CC)c1ccc(NC(=O)C2(C(=O)N3CCCC(C)C3)CC2)c(C)c1. The highest BCUT2D eigenvalue weighted by molar-refractivity contribution is 6.13. The van der Waals surface area contributed by atoms with Gasteiger partial charge < -0.3 is 15.1 Å². The number of carbonyl (C=O) groups is 2. The van der Waals surface area contributed by atoms with E-state index in [1.165, 1.54) is 6.42 Å². The first kappa shape index (κ1) is 19.7. The van der Waals surface area contributed by atoms with E-state index in [4.69, 9.17) is 0 Å². The van der Waals surface area contributed by atoms with Crippen molar-refractivity contribution in [2.45, 2.75) is 53.4 Å². The fraction of sp³-hybridized carbons (Fsp3) is 0.636. The van der Waals surface area contributed by atoms with Crippen LogP contribution in [0.4, 0.5) is 11.4 Å². The molecule has 0 spiro atoms. The van der Waals surface area contributed by atoms with Crippen molar-refractivity contribution in [1.29, 1.82) is 0 Å². The van der Waals surface area contributed by atoms with Gasteiger partial charge in [0, 0.05) is 37.6 Å². The summed E-state index contributed by atoms with van der Waals surface area (Å²) < 4.78 is 0. The van der Waals surface area contributed by atoms with Crippen LogP contribution in [0.1, 0.15) is 52.0 Å². The van der Waals surface area contributed by atoms with Crippen LogP contribution < -0.4 is 10.2 Å². The van der Waals surface area contributed by atoms with Crippen molar-refractivity contribution >= 4 is 23.2 Å². The summed E-state index contributed by atoms with van der Waals surface area (Å²) in [6.45, 7) is 11.9. The molecule has 0 radical (unpaired) electrons. The average molecular weight is 372 g/mol. The fourth-order valence-electron chi connectivity index (χ4n) is 4.16. The molecule has 1 aromatic carbocycles. The molecule has 1 atom stereocenters. The predicted molar refractivity (Wildman–Crippen MR) is 110 cm³/mol. The Morgan fingerprint density at radius 1 is 1.26 bits per heavy atom. The first-order chi connectivity index (χ1) is 12.9. The fourth-order valence-corrected chi connectivity index (χ4v) is 4.16. The Morgan fingerprint density at radius 2 is 1.96 bits per heavy atom. The topological polar surface area (TPSA) is 52.7 Å². The Kier molecular flexibility index (Phi) is 5.78. The highest BCUT2D eigenvalue weighted by Gasteiger charge is 2.58. The zero-order chi connectivity index (χ0) is 19.6. The van der Waals surface area contributed by atoms with Crippen LogP contribution in [-0.4, -0.2) is 42.9 Å². The van der Waals surface area contributed by atoms with Gasteiger partial charge in [-0.2, -0.15) is 0 Å². The van der Waals surface area contributed by atoms with Crippen LogP contribution >= 0.6 is 0 Å². The highest BCUT2D eigenvalue weighted by atomic mass is 16.2. The molecule has 0 aromatic heterocycles. The minimum atomic E-state index is -0.832. The molecule has 1 heterocycles. The van der Waals surface area contributed by atoms with Crippen LogP contribution in [0.25, 0.3) is 0 Å². The second kappa shape index (κ2) is 7.91. The monoisotopic (exact) mass is 371 g/mol. The van der Waals surface area contributed by atoms with Gasteiger partial charge in [0.05, 0.1) is 0 Å². The van der Waals surface area contributed by atoms with Crippen molar-refractivity contribution in [2.24, 2.45) is 11.3 Å². The summed E-state index contributed by atoms with van der Waals surface area (Å²) in [5, 5.41) is 3.04. The molecular weight excluding hydrogens is 338 g/mol. The van der Waals surface area contributed by atoms with Gasteiger partial charge in [0.2, 0.25) is 11.8 Å². The Bertz CT molecular complexity index is 708. The lowest BCUT2D eigenvalue weighted by Crippen LogP contribution is -2.46. The van der Waals surface area contributed by atoms with Crippen LogP contribution in [0.15, 0.2) is 18.2 Å². The summed E-state index contributed by atoms with van der Waals surface area (Å²) in [7, 11) is 0. The Balaban J connectivity index is 1.70. The molecule has 1 saturated heterocycles. The minimum absolute atomic E-state index is 0.0314. The Hall–Kier alpha value is -2.04. The molecule has 2 amide bonds. The maximum atomic E-state index is 13.0. The summed E-state index contributed by atoms with van der Waals surface area (Å²) in [6, 6.07) is 6.12. The molecule has 148 valence electrons. The van der Waals surface area contributed by atoms with E-state index in [0.29, 0.717) is 18.8 Å². The number of carbonyl (C=O) groups excluding carboxylic acids is 2. The molecule has 1 unspecified atom stereocenters. The molecular formula is C22H33N3O2. The van der Waals surface area contributed by atoms with Crippen molar-refractivity contribution < 1.29 is 9.59 Å². The van der Waals surface area contributed by atoms with Crippen LogP contribution in [-0.2, 0) is 9.59 Å².